The fourth-order valence-electron chi connectivity index (χ4n) is 1.73. The number of hydrogen-bond donors (Lipinski definition) is 4. The van der Waals surface area contributed by atoms with E-state index in [-0.39, 0.29) is 13.0 Å². The lowest BCUT2D eigenvalue weighted by Gasteiger charge is -2.40. The summed E-state index contributed by atoms with van der Waals surface area (Å²) in [5, 5.41) is 37.7. The monoisotopic (exact) mass is 302 g/mol. The molecule has 0 saturated carbocycles. The maximum absolute atomic E-state index is 11.1. The van der Waals surface area contributed by atoms with Crippen LogP contribution in [-0.2, 0) is 28.9 Å². The first-order valence-corrected chi connectivity index (χ1v) is 8.23. The highest BCUT2D eigenvalue weighted by Gasteiger charge is 2.42. The number of aliphatic hydroxyl groups excluding tert-OH is 4. The SMILES string of the molecule is CS(=O)(=S)OCCC1O[C@H](CO)[C@@H](O)[C@H](O)[C@H]1O. The van der Waals surface area contributed by atoms with Crippen LogP contribution in [0.2, 0.25) is 0 Å². The van der Waals surface area contributed by atoms with E-state index in [1.54, 1.807) is 0 Å². The van der Waals surface area contributed by atoms with Crippen molar-refractivity contribution < 1.29 is 33.6 Å². The van der Waals surface area contributed by atoms with Gasteiger partial charge in [0, 0.05) is 23.9 Å². The molecular weight excluding hydrogens is 284 g/mol. The van der Waals surface area contributed by atoms with E-state index in [0.29, 0.717) is 0 Å². The van der Waals surface area contributed by atoms with E-state index in [4.69, 9.17) is 14.0 Å². The second kappa shape index (κ2) is 6.53. The van der Waals surface area contributed by atoms with Crippen molar-refractivity contribution in [2.45, 2.75) is 36.9 Å². The molecule has 6 atom stereocenters. The van der Waals surface area contributed by atoms with Gasteiger partial charge in [-0.15, -0.1) is 0 Å². The van der Waals surface area contributed by atoms with Crippen LogP contribution in [-0.4, -0.2) is 74.6 Å². The first-order valence-electron chi connectivity index (χ1n) is 5.41. The summed E-state index contributed by atoms with van der Waals surface area (Å²) in [6, 6.07) is 0. The molecule has 2 unspecified atom stereocenters. The van der Waals surface area contributed by atoms with Gasteiger partial charge in [0.2, 0.25) is 0 Å². The number of aliphatic hydroxyl groups is 4. The van der Waals surface area contributed by atoms with Gasteiger partial charge in [-0.1, -0.05) is 0 Å². The van der Waals surface area contributed by atoms with Crippen LogP contribution >= 0.6 is 0 Å². The zero-order valence-corrected chi connectivity index (χ0v) is 11.5. The van der Waals surface area contributed by atoms with Crippen molar-refractivity contribution in [2.75, 3.05) is 19.5 Å². The molecule has 0 radical (unpaired) electrons. The minimum atomic E-state index is -2.75. The third kappa shape index (κ3) is 4.35. The highest BCUT2D eigenvalue weighted by Crippen LogP contribution is 2.23. The van der Waals surface area contributed by atoms with Crippen molar-refractivity contribution in [3.63, 3.8) is 0 Å². The van der Waals surface area contributed by atoms with E-state index >= 15 is 0 Å². The zero-order chi connectivity index (χ0) is 13.9. The summed E-state index contributed by atoms with van der Waals surface area (Å²) >= 11 is 4.54. The van der Waals surface area contributed by atoms with E-state index in [2.05, 4.69) is 11.2 Å². The third-order valence-electron chi connectivity index (χ3n) is 2.69. The lowest BCUT2D eigenvalue weighted by molar-refractivity contribution is -0.231. The lowest BCUT2D eigenvalue weighted by Crippen LogP contribution is -2.58. The third-order valence-corrected chi connectivity index (χ3v) is 3.57. The van der Waals surface area contributed by atoms with Crippen LogP contribution in [0.25, 0.3) is 0 Å². The first-order chi connectivity index (χ1) is 8.26. The fraction of sp³-hybridized carbons (Fsp3) is 1.00. The zero-order valence-electron chi connectivity index (χ0n) is 9.84. The summed E-state index contributed by atoms with van der Waals surface area (Å²) in [4.78, 5) is 0. The molecule has 0 bridgehead atoms. The molecular formula is C9H18O7S2. The quantitative estimate of drug-likeness (QED) is 0.441. The molecule has 0 amide bonds. The predicted molar refractivity (Wildman–Crippen MR) is 65.8 cm³/mol. The van der Waals surface area contributed by atoms with E-state index < -0.39 is 45.9 Å². The van der Waals surface area contributed by atoms with Crippen molar-refractivity contribution in [1.29, 1.82) is 0 Å². The number of hydrogen-bond acceptors (Lipinski definition) is 8. The smallest absolute Gasteiger partial charge is 0.141 e. The second-order valence-corrected chi connectivity index (χ2v) is 7.64. The molecule has 4 N–H and O–H groups in total. The topological polar surface area (TPSA) is 116 Å². The van der Waals surface area contributed by atoms with Gasteiger partial charge in [0.1, 0.15) is 33.2 Å². The number of rotatable bonds is 5. The number of ether oxygens (including phenoxy) is 1. The maximum Gasteiger partial charge on any atom is 0.141 e. The Morgan fingerprint density at radius 2 is 1.78 bits per heavy atom. The molecule has 1 fully saturated rings. The summed E-state index contributed by atoms with van der Waals surface area (Å²) in [6.45, 7) is -0.491. The van der Waals surface area contributed by atoms with Crippen molar-refractivity contribution in [3.8, 4) is 0 Å². The van der Waals surface area contributed by atoms with Crippen LogP contribution in [0.5, 0.6) is 0 Å². The Kier molecular flexibility index (Phi) is 5.87. The highest BCUT2D eigenvalue weighted by atomic mass is 32.8. The van der Waals surface area contributed by atoms with Crippen molar-refractivity contribution in [2.24, 2.45) is 0 Å². The molecule has 0 aromatic carbocycles. The van der Waals surface area contributed by atoms with Crippen LogP contribution in [0.1, 0.15) is 6.42 Å². The Hall–Kier alpha value is 0.130. The molecule has 1 saturated heterocycles. The van der Waals surface area contributed by atoms with Crippen molar-refractivity contribution in [1.82, 2.24) is 0 Å². The van der Waals surface area contributed by atoms with Crippen LogP contribution < -0.4 is 0 Å². The summed E-state index contributed by atoms with van der Waals surface area (Å²) in [6.07, 6.45) is -4.45. The Morgan fingerprint density at radius 3 is 2.28 bits per heavy atom. The molecule has 1 aliphatic rings. The minimum Gasteiger partial charge on any atom is -0.394 e. The summed E-state index contributed by atoms with van der Waals surface area (Å²) < 4.78 is 21.2. The molecule has 7 nitrogen and oxygen atoms in total. The van der Waals surface area contributed by atoms with Gasteiger partial charge in [0.05, 0.1) is 19.3 Å². The van der Waals surface area contributed by atoms with Crippen LogP contribution in [0.4, 0.5) is 0 Å². The molecule has 0 aromatic heterocycles. The van der Waals surface area contributed by atoms with Gasteiger partial charge in [0.25, 0.3) is 0 Å². The van der Waals surface area contributed by atoms with Gasteiger partial charge in [-0.25, -0.2) is 4.21 Å². The Morgan fingerprint density at radius 1 is 1.22 bits per heavy atom. The van der Waals surface area contributed by atoms with Gasteiger partial charge < -0.3 is 25.2 Å². The molecule has 1 aliphatic heterocycles. The van der Waals surface area contributed by atoms with Crippen molar-refractivity contribution in [3.05, 3.63) is 0 Å². The molecule has 18 heavy (non-hydrogen) atoms. The highest BCUT2D eigenvalue weighted by molar-refractivity contribution is 8.29. The Labute approximate surface area is 110 Å². The molecule has 108 valence electrons. The Balaban J connectivity index is 2.54. The molecule has 1 rings (SSSR count). The van der Waals surface area contributed by atoms with E-state index in [0.717, 1.165) is 0 Å². The predicted octanol–water partition coefficient (Wildman–Crippen LogP) is -2.47. The van der Waals surface area contributed by atoms with Gasteiger partial charge in [-0.3, -0.25) is 4.18 Å². The van der Waals surface area contributed by atoms with E-state index in [9.17, 15) is 19.5 Å². The normalized spacial score (nSPS) is 40.4. The molecule has 0 spiro atoms. The van der Waals surface area contributed by atoms with Gasteiger partial charge in [0.15, 0.2) is 0 Å². The fourth-order valence-corrected chi connectivity index (χ4v) is 2.34. The largest absolute Gasteiger partial charge is 0.394 e. The summed E-state index contributed by atoms with van der Waals surface area (Å²) in [7, 11) is -2.75. The van der Waals surface area contributed by atoms with Crippen LogP contribution in [0.3, 0.4) is 0 Å². The average Bonchev–Trinajstić information content (AvgIpc) is 2.27. The van der Waals surface area contributed by atoms with Gasteiger partial charge >= 0.3 is 0 Å². The second-order valence-electron chi connectivity index (χ2n) is 4.18. The molecule has 1 heterocycles. The van der Waals surface area contributed by atoms with Gasteiger partial charge in [-0.05, 0) is 0 Å². The Bertz CT molecular complexity index is 356. The average molecular weight is 302 g/mol. The van der Waals surface area contributed by atoms with E-state index in [1.165, 1.54) is 6.26 Å². The van der Waals surface area contributed by atoms with E-state index in [1.807, 2.05) is 0 Å². The standard InChI is InChI=1S/C9H18O7S2/c1-18(14,17)15-3-2-5-7(11)9(13)8(12)6(4-10)16-5/h5-13H,2-4H2,1H3/t5?,6-,7+,8-,9-,18?/m1/s1. The lowest BCUT2D eigenvalue weighted by atomic mass is 9.94. The van der Waals surface area contributed by atoms with Crippen LogP contribution in [0.15, 0.2) is 0 Å². The summed E-state index contributed by atoms with van der Waals surface area (Å²) in [5.41, 5.74) is 0. The molecule has 9 heteroatoms. The van der Waals surface area contributed by atoms with Crippen molar-refractivity contribution >= 4 is 20.0 Å². The molecule has 0 aliphatic carbocycles. The molecule has 0 aromatic rings. The maximum atomic E-state index is 11.1. The minimum absolute atomic E-state index is 0.0124. The summed E-state index contributed by atoms with van der Waals surface area (Å²) in [5.74, 6) is 0. The van der Waals surface area contributed by atoms with Crippen LogP contribution in [0, 0.1) is 0 Å². The first kappa shape index (κ1) is 16.2. The van der Waals surface area contributed by atoms with Gasteiger partial charge in [-0.2, -0.15) is 0 Å².